The highest BCUT2D eigenvalue weighted by atomic mass is 16.7. The molecule has 31 heavy (non-hydrogen) atoms. The Labute approximate surface area is 184 Å². The number of hydrogen-bond donors (Lipinski definition) is 2. The molecule has 1 heterocycles. The third kappa shape index (κ3) is 6.24. The van der Waals surface area contributed by atoms with Crippen LogP contribution in [0.5, 0.6) is 5.75 Å². The van der Waals surface area contributed by atoms with Crippen molar-refractivity contribution in [3.8, 4) is 5.75 Å². The number of carbonyl (C=O) groups excluding carboxylic acids is 2. The van der Waals surface area contributed by atoms with Crippen LogP contribution < -0.4 is 5.32 Å². The molecule has 1 amide bonds. The maximum atomic E-state index is 12.2. The summed E-state index contributed by atoms with van der Waals surface area (Å²) in [6.07, 6.45) is 1.03. The minimum absolute atomic E-state index is 0.0426. The molecule has 1 saturated heterocycles. The van der Waals surface area contributed by atoms with Gasteiger partial charge in [0.05, 0.1) is 23.9 Å². The molecule has 0 bridgehead atoms. The number of aromatic hydroxyl groups is 1. The molecule has 2 N–H and O–H groups in total. The van der Waals surface area contributed by atoms with E-state index < -0.39 is 36.0 Å². The van der Waals surface area contributed by atoms with Crippen molar-refractivity contribution in [3.05, 3.63) is 34.8 Å². The zero-order chi connectivity index (χ0) is 23.6. The number of phenols is 1. The fourth-order valence-electron chi connectivity index (χ4n) is 2.80. The van der Waals surface area contributed by atoms with Crippen LogP contribution in [0.25, 0.3) is 6.08 Å². The van der Waals surface area contributed by atoms with Crippen LogP contribution in [0.15, 0.2) is 23.7 Å². The van der Waals surface area contributed by atoms with E-state index in [0.29, 0.717) is 11.0 Å². The quantitative estimate of drug-likeness (QED) is 0.539. The molecular weight excluding hydrogens is 401 g/mol. The predicted octanol–water partition coefficient (Wildman–Crippen LogP) is 3.72. The second kappa shape index (κ2) is 8.92. The summed E-state index contributed by atoms with van der Waals surface area (Å²) < 4.78 is 22.3. The molecule has 0 unspecified atom stereocenters. The summed E-state index contributed by atoms with van der Waals surface area (Å²) in [5.41, 5.74) is -0.664. The van der Waals surface area contributed by atoms with Gasteiger partial charge in [-0.05, 0) is 72.1 Å². The van der Waals surface area contributed by atoms with Gasteiger partial charge in [-0.1, -0.05) is 6.08 Å². The maximum Gasteiger partial charge on any atom is 0.492 e. The molecule has 0 aliphatic carbocycles. The number of ether oxygens (including phenoxy) is 2. The Balaban J connectivity index is 2.38. The third-order valence-electron chi connectivity index (χ3n) is 5.18. The van der Waals surface area contributed by atoms with Crippen molar-refractivity contribution >= 4 is 25.3 Å². The fourth-order valence-corrected chi connectivity index (χ4v) is 2.80. The number of alkyl carbamates (subject to hydrolysis) is 1. The average molecular weight is 433 g/mol. The smallest absolute Gasteiger partial charge is 0.492 e. The van der Waals surface area contributed by atoms with Crippen LogP contribution in [0.2, 0.25) is 0 Å². The van der Waals surface area contributed by atoms with Crippen LogP contribution in [0.4, 0.5) is 4.79 Å². The Morgan fingerprint density at radius 1 is 1.16 bits per heavy atom. The Hall–Kier alpha value is -2.52. The second-order valence-corrected chi connectivity index (χ2v) is 9.43. The van der Waals surface area contributed by atoms with E-state index in [1.165, 1.54) is 25.3 Å². The number of esters is 1. The molecule has 1 aromatic rings. The molecule has 2 rings (SSSR count). The summed E-state index contributed by atoms with van der Waals surface area (Å²) in [6, 6.07) is 4.37. The predicted molar refractivity (Wildman–Crippen MR) is 118 cm³/mol. The number of carbonyl (C=O) groups is 2. The van der Waals surface area contributed by atoms with Crippen molar-refractivity contribution < 1.29 is 33.5 Å². The highest BCUT2D eigenvalue weighted by Gasteiger charge is 2.52. The van der Waals surface area contributed by atoms with Gasteiger partial charge in [-0.15, -0.1) is 0 Å². The number of hydrogen-bond acceptors (Lipinski definition) is 7. The van der Waals surface area contributed by atoms with E-state index in [4.69, 9.17) is 18.8 Å². The lowest BCUT2D eigenvalue weighted by molar-refractivity contribution is 0.00578. The zero-order valence-electron chi connectivity index (χ0n) is 19.5. The molecule has 170 valence electrons. The molecule has 1 fully saturated rings. The topological polar surface area (TPSA) is 103 Å². The molecule has 1 aliphatic heterocycles. The van der Waals surface area contributed by atoms with Crippen molar-refractivity contribution in [2.75, 3.05) is 13.7 Å². The first-order valence-electron chi connectivity index (χ1n) is 10.1. The molecule has 0 spiro atoms. The largest absolute Gasteiger partial charge is 0.507 e. The van der Waals surface area contributed by atoms with Crippen LogP contribution in [-0.2, 0) is 18.8 Å². The van der Waals surface area contributed by atoms with Crippen molar-refractivity contribution in [1.29, 1.82) is 0 Å². The number of amides is 1. The van der Waals surface area contributed by atoms with Crippen molar-refractivity contribution in [2.24, 2.45) is 0 Å². The molecule has 1 aromatic carbocycles. The van der Waals surface area contributed by atoms with Crippen molar-refractivity contribution in [2.45, 2.75) is 65.3 Å². The SMILES string of the molecule is COC(=O)c1ccc(O)c(C=C(CNC(=O)OC(C)(C)C)B2OC(C)(C)C(C)(C)O2)c1. The van der Waals surface area contributed by atoms with E-state index in [1.807, 2.05) is 27.7 Å². The first kappa shape index (κ1) is 24.8. The average Bonchev–Trinajstić information content (AvgIpc) is 2.85. The van der Waals surface area contributed by atoms with Crippen LogP contribution in [0.3, 0.4) is 0 Å². The zero-order valence-corrected chi connectivity index (χ0v) is 19.5. The summed E-state index contributed by atoms with van der Waals surface area (Å²) in [5, 5.41) is 13.0. The third-order valence-corrected chi connectivity index (χ3v) is 5.18. The van der Waals surface area contributed by atoms with Gasteiger partial charge in [0.15, 0.2) is 0 Å². The molecule has 9 heteroatoms. The van der Waals surface area contributed by atoms with Gasteiger partial charge in [0, 0.05) is 12.1 Å². The summed E-state index contributed by atoms with van der Waals surface area (Å²) in [6.45, 7) is 13.0. The summed E-state index contributed by atoms with van der Waals surface area (Å²) in [7, 11) is 0.506. The Morgan fingerprint density at radius 2 is 1.74 bits per heavy atom. The highest BCUT2D eigenvalue weighted by molar-refractivity contribution is 6.56. The fraction of sp³-hybridized carbons (Fsp3) is 0.545. The van der Waals surface area contributed by atoms with Crippen molar-refractivity contribution in [3.63, 3.8) is 0 Å². The highest BCUT2D eigenvalue weighted by Crippen LogP contribution is 2.39. The first-order valence-corrected chi connectivity index (χ1v) is 10.1. The molecule has 0 radical (unpaired) electrons. The minimum atomic E-state index is -0.777. The van der Waals surface area contributed by atoms with Gasteiger partial charge in [0.1, 0.15) is 11.4 Å². The van der Waals surface area contributed by atoms with Gasteiger partial charge in [-0.25, -0.2) is 9.59 Å². The Morgan fingerprint density at radius 3 is 2.26 bits per heavy atom. The molecular formula is C22H32BNO7. The monoisotopic (exact) mass is 433 g/mol. The number of phenolic OH excluding ortho intramolecular Hbond substituents is 1. The van der Waals surface area contributed by atoms with E-state index in [0.717, 1.165) is 0 Å². The number of benzene rings is 1. The van der Waals surface area contributed by atoms with Crippen molar-refractivity contribution in [1.82, 2.24) is 5.32 Å². The van der Waals surface area contributed by atoms with Gasteiger partial charge in [-0.2, -0.15) is 0 Å². The van der Waals surface area contributed by atoms with E-state index >= 15 is 0 Å². The lowest BCUT2D eigenvalue weighted by Crippen LogP contribution is -2.41. The normalized spacial score (nSPS) is 17.9. The lowest BCUT2D eigenvalue weighted by Gasteiger charge is -2.32. The Kier molecular flexibility index (Phi) is 7.12. The first-order chi connectivity index (χ1) is 14.1. The lowest BCUT2D eigenvalue weighted by atomic mass is 9.77. The van der Waals surface area contributed by atoms with E-state index in [1.54, 1.807) is 26.8 Å². The number of nitrogens with one attached hydrogen (secondary N) is 1. The van der Waals surface area contributed by atoms with Gasteiger partial charge in [-0.3, -0.25) is 0 Å². The summed E-state index contributed by atoms with van der Waals surface area (Å²) in [5.74, 6) is -0.572. The Bertz CT molecular complexity index is 855. The minimum Gasteiger partial charge on any atom is -0.507 e. The molecule has 0 saturated carbocycles. The van der Waals surface area contributed by atoms with Gasteiger partial charge >= 0.3 is 19.2 Å². The van der Waals surface area contributed by atoms with Gasteiger partial charge in [0.25, 0.3) is 0 Å². The van der Waals surface area contributed by atoms with Crippen LogP contribution in [0.1, 0.15) is 64.4 Å². The molecule has 1 aliphatic rings. The van der Waals surface area contributed by atoms with Gasteiger partial charge < -0.3 is 29.2 Å². The van der Waals surface area contributed by atoms with Gasteiger partial charge in [0.2, 0.25) is 0 Å². The number of methoxy groups -OCH3 is 1. The number of rotatable bonds is 5. The molecule has 0 aromatic heterocycles. The van der Waals surface area contributed by atoms with E-state index in [-0.39, 0.29) is 17.9 Å². The van der Waals surface area contributed by atoms with Crippen LogP contribution in [0, 0.1) is 0 Å². The standard InChI is InChI=1S/C22H32BNO7/c1-20(2,3)29-19(27)24-13-16(23-30-21(4,5)22(6,7)31-23)12-15-11-14(18(26)28-8)9-10-17(15)25/h9-12,25H,13H2,1-8H3,(H,24,27). The van der Waals surface area contributed by atoms with E-state index in [2.05, 4.69) is 5.32 Å². The van der Waals surface area contributed by atoms with E-state index in [9.17, 15) is 14.7 Å². The summed E-state index contributed by atoms with van der Waals surface area (Å²) in [4.78, 5) is 24.1. The molecule has 0 atom stereocenters. The summed E-state index contributed by atoms with van der Waals surface area (Å²) >= 11 is 0. The maximum absolute atomic E-state index is 12.2. The second-order valence-electron chi connectivity index (χ2n) is 9.43. The van der Waals surface area contributed by atoms with Crippen LogP contribution >= 0.6 is 0 Å². The van der Waals surface area contributed by atoms with Crippen LogP contribution in [-0.4, -0.2) is 54.7 Å². The molecule has 8 nitrogen and oxygen atoms in total.